The molecule has 0 aliphatic carbocycles. The Kier molecular flexibility index (Phi) is 10.3. The standard InChI is InChI=1S/C16H15ClN2OS.C4H4O4/c1-19-10-12-4-3-5-14(16(12)21-2)20-15-8-13(17)7-6-11(15)9-18;5-3(6)1-2-4(7)8/h3-8,19H,10H2,1-2H3;1-2H,(H,5,6)(H,7,8)/b;2-1+. The van der Waals surface area contributed by atoms with E-state index < -0.39 is 11.9 Å². The lowest BCUT2D eigenvalue weighted by Gasteiger charge is -2.14. The van der Waals surface area contributed by atoms with Gasteiger partial charge in [0, 0.05) is 29.8 Å². The minimum absolute atomic E-state index is 0.463. The number of halogens is 1. The number of rotatable bonds is 7. The highest BCUT2D eigenvalue weighted by molar-refractivity contribution is 7.98. The summed E-state index contributed by atoms with van der Waals surface area (Å²) < 4.78 is 5.93. The molecule has 0 saturated heterocycles. The van der Waals surface area contributed by atoms with Crippen molar-refractivity contribution in [3.05, 3.63) is 64.7 Å². The van der Waals surface area contributed by atoms with E-state index in [1.54, 1.807) is 30.0 Å². The molecule has 0 aliphatic rings. The average Bonchev–Trinajstić information content (AvgIpc) is 2.68. The summed E-state index contributed by atoms with van der Waals surface area (Å²) in [5, 5.41) is 28.5. The smallest absolute Gasteiger partial charge is 0.328 e. The van der Waals surface area contributed by atoms with Gasteiger partial charge in [0.15, 0.2) is 0 Å². The summed E-state index contributed by atoms with van der Waals surface area (Å²) in [6.45, 7) is 0.758. The third kappa shape index (κ3) is 8.27. The van der Waals surface area contributed by atoms with Gasteiger partial charge in [-0.2, -0.15) is 5.26 Å². The number of hydrogen-bond acceptors (Lipinski definition) is 6. The summed E-state index contributed by atoms with van der Waals surface area (Å²) in [5.41, 5.74) is 1.62. The average molecular weight is 435 g/mol. The Morgan fingerprint density at radius 1 is 1.21 bits per heavy atom. The summed E-state index contributed by atoms with van der Waals surface area (Å²) in [7, 11) is 1.91. The van der Waals surface area contributed by atoms with Crippen LogP contribution >= 0.6 is 23.4 Å². The normalized spacial score (nSPS) is 10.0. The van der Waals surface area contributed by atoms with Crippen molar-refractivity contribution in [3.63, 3.8) is 0 Å². The molecular weight excluding hydrogens is 416 g/mol. The van der Waals surface area contributed by atoms with Crippen molar-refractivity contribution in [3.8, 4) is 17.6 Å². The van der Waals surface area contributed by atoms with E-state index in [-0.39, 0.29) is 0 Å². The van der Waals surface area contributed by atoms with Crippen molar-refractivity contribution < 1.29 is 24.5 Å². The first kappa shape index (κ1) is 24.0. The second-order valence-electron chi connectivity index (χ2n) is 5.34. The lowest BCUT2D eigenvalue weighted by molar-refractivity contribution is -0.134. The summed E-state index contributed by atoms with van der Waals surface area (Å²) in [5.74, 6) is -1.31. The first-order valence-electron chi connectivity index (χ1n) is 8.14. The zero-order valence-electron chi connectivity index (χ0n) is 15.7. The molecule has 0 bridgehead atoms. The maximum atomic E-state index is 9.55. The maximum Gasteiger partial charge on any atom is 0.328 e. The first-order valence-corrected chi connectivity index (χ1v) is 9.74. The van der Waals surface area contributed by atoms with Gasteiger partial charge < -0.3 is 20.3 Å². The number of carboxylic acids is 2. The molecule has 0 atom stereocenters. The Balaban J connectivity index is 0.000000447. The number of carboxylic acid groups (broad SMARTS) is 2. The third-order valence-corrected chi connectivity index (χ3v) is 4.39. The molecule has 2 rings (SSSR count). The minimum Gasteiger partial charge on any atom is -0.478 e. The SMILES string of the molecule is CNCc1cccc(Oc2cc(Cl)ccc2C#N)c1SC.O=C(O)/C=C/C(=O)O. The van der Waals surface area contributed by atoms with E-state index in [1.807, 2.05) is 25.4 Å². The molecule has 0 saturated carbocycles. The molecule has 2 aromatic rings. The zero-order chi connectivity index (χ0) is 21.8. The van der Waals surface area contributed by atoms with Gasteiger partial charge in [-0.25, -0.2) is 9.59 Å². The molecule has 0 aliphatic heterocycles. The summed E-state index contributed by atoms with van der Waals surface area (Å²) in [6, 6.07) is 13.0. The monoisotopic (exact) mass is 434 g/mol. The molecule has 29 heavy (non-hydrogen) atoms. The fourth-order valence-corrected chi connectivity index (χ4v) is 3.01. The van der Waals surface area contributed by atoms with Crippen molar-refractivity contribution in [2.24, 2.45) is 0 Å². The Morgan fingerprint density at radius 2 is 1.86 bits per heavy atom. The van der Waals surface area contributed by atoms with Crippen molar-refractivity contribution in [2.45, 2.75) is 11.4 Å². The van der Waals surface area contributed by atoms with Crippen LogP contribution in [0.2, 0.25) is 5.02 Å². The van der Waals surface area contributed by atoms with Crippen LogP contribution in [0.4, 0.5) is 0 Å². The van der Waals surface area contributed by atoms with Crippen molar-refractivity contribution in [2.75, 3.05) is 13.3 Å². The molecule has 0 heterocycles. The molecule has 7 nitrogen and oxygen atoms in total. The topological polar surface area (TPSA) is 120 Å². The highest BCUT2D eigenvalue weighted by Crippen LogP contribution is 2.36. The van der Waals surface area contributed by atoms with Crippen LogP contribution in [0.25, 0.3) is 0 Å². The summed E-state index contributed by atoms with van der Waals surface area (Å²) in [6.07, 6.45) is 3.12. The van der Waals surface area contributed by atoms with Crippen molar-refractivity contribution >= 4 is 35.3 Å². The predicted molar refractivity (Wildman–Crippen MR) is 112 cm³/mol. The van der Waals surface area contributed by atoms with Gasteiger partial charge >= 0.3 is 11.9 Å². The van der Waals surface area contributed by atoms with E-state index in [0.717, 1.165) is 22.8 Å². The highest BCUT2D eigenvalue weighted by Gasteiger charge is 2.12. The zero-order valence-corrected chi connectivity index (χ0v) is 17.3. The van der Waals surface area contributed by atoms with Crippen LogP contribution in [0, 0.1) is 11.3 Å². The number of thioether (sulfide) groups is 1. The lowest BCUT2D eigenvalue weighted by atomic mass is 10.2. The van der Waals surface area contributed by atoms with E-state index >= 15 is 0 Å². The fourth-order valence-electron chi connectivity index (χ4n) is 2.14. The van der Waals surface area contributed by atoms with E-state index in [2.05, 4.69) is 17.5 Å². The number of nitriles is 1. The maximum absolute atomic E-state index is 9.55. The molecule has 152 valence electrons. The molecule has 0 spiro atoms. The molecule has 9 heteroatoms. The van der Waals surface area contributed by atoms with Gasteiger partial charge in [-0.05, 0) is 37.1 Å². The number of nitrogens with zero attached hydrogens (tertiary/aromatic N) is 1. The minimum atomic E-state index is -1.26. The molecule has 0 amide bonds. The van der Waals surface area contributed by atoms with Crippen LogP contribution in [0.1, 0.15) is 11.1 Å². The molecule has 2 aromatic carbocycles. The number of ether oxygens (including phenoxy) is 1. The Labute approximate surface area is 177 Å². The number of nitrogens with one attached hydrogen (secondary N) is 1. The van der Waals surface area contributed by atoms with Gasteiger partial charge in [0.2, 0.25) is 0 Å². The van der Waals surface area contributed by atoms with Crippen molar-refractivity contribution in [1.29, 1.82) is 5.26 Å². The van der Waals surface area contributed by atoms with Gasteiger partial charge in [0.25, 0.3) is 0 Å². The molecule has 0 fully saturated rings. The van der Waals surface area contributed by atoms with Gasteiger partial charge in [-0.1, -0.05) is 23.7 Å². The second kappa shape index (κ2) is 12.5. The molecule has 3 N–H and O–H groups in total. The third-order valence-electron chi connectivity index (χ3n) is 3.28. The van der Waals surface area contributed by atoms with E-state index in [9.17, 15) is 9.59 Å². The van der Waals surface area contributed by atoms with Crippen LogP contribution in [0.15, 0.2) is 53.4 Å². The van der Waals surface area contributed by atoms with Crippen LogP contribution in [0.5, 0.6) is 11.5 Å². The number of carbonyl (C=O) groups is 2. The quantitative estimate of drug-likeness (QED) is 0.439. The van der Waals surface area contributed by atoms with Crippen LogP contribution < -0.4 is 10.1 Å². The molecule has 0 aromatic heterocycles. The largest absolute Gasteiger partial charge is 0.478 e. The fraction of sp³-hybridized carbons (Fsp3) is 0.150. The Bertz CT molecular complexity index is 925. The number of aliphatic carboxylic acids is 2. The van der Waals surface area contributed by atoms with E-state index in [0.29, 0.717) is 28.5 Å². The predicted octanol–water partition coefficient (Wildman–Crippen LogP) is 4.16. The highest BCUT2D eigenvalue weighted by atomic mass is 35.5. The van der Waals surface area contributed by atoms with Gasteiger partial charge in [0.05, 0.1) is 10.5 Å². The van der Waals surface area contributed by atoms with Gasteiger partial charge in [0.1, 0.15) is 17.6 Å². The van der Waals surface area contributed by atoms with Gasteiger partial charge in [-0.3, -0.25) is 0 Å². The van der Waals surface area contributed by atoms with E-state index in [4.69, 9.17) is 31.8 Å². The summed E-state index contributed by atoms with van der Waals surface area (Å²) >= 11 is 7.61. The second-order valence-corrected chi connectivity index (χ2v) is 6.60. The van der Waals surface area contributed by atoms with Gasteiger partial charge in [-0.15, -0.1) is 11.8 Å². The number of benzene rings is 2. The molecule has 0 radical (unpaired) electrons. The Morgan fingerprint density at radius 3 is 2.38 bits per heavy atom. The molecule has 0 unspecified atom stereocenters. The lowest BCUT2D eigenvalue weighted by Crippen LogP contribution is -2.06. The van der Waals surface area contributed by atoms with Crippen LogP contribution in [-0.2, 0) is 16.1 Å². The Hall–Kier alpha value is -2.99. The van der Waals surface area contributed by atoms with Crippen LogP contribution in [-0.4, -0.2) is 35.5 Å². The molecular formula is C20H19ClN2O5S. The summed E-state index contributed by atoms with van der Waals surface area (Å²) in [4.78, 5) is 20.2. The van der Waals surface area contributed by atoms with Crippen LogP contribution in [0.3, 0.4) is 0 Å². The first-order chi connectivity index (χ1) is 13.8. The van der Waals surface area contributed by atoms with E-state index in [1.165, 1.54) is 0 Å². The van der Waals surface area contributed by atoms with Crippen molar-refractivity contribution in [1.82, 2.24) is 5.32 Å². The number of hydrogen-bond donors (Lipinski definition) is 3.